The van der Waals surface area contributed by atoms with Gasteiger partial charge in [-0.15, -0.1) is 5.10 Å². The third-order valence-corrected chi connectivity index (χ3v) is 4.74. The first kappa shape index (κ1) is 16.9. The van der Waals surface area contributed by atoms with Crippen molar-refractivity contribution >= 4 is 0 Å². The summed E-state index contributed by atoms with van der Waals surface area (Å²) in [6, 6.07) is 14.4. The van der Waals surface area contributed by atoms with E-state index in [1.807, 2.05) is 42.2 Å². The molecule has 6 heteroatoms. The zero-order valence-electron chi connectivity index (χ0n) is 15.0. The molecule has 0 amide bonds. The fraction of sp³-hybridized carbons (Fsp3) is 0.350. The van der Waals surface area contributed by atoms with Crippen molar-refractivity contribution in [1.82, 2.24) is 24.9 Å². The molecule has 0 N–H and O–H groups in total. The van der Waals surface area contributed by atoms with Gasteiger partial charge in [-0.2, -0.15) is 0 Å². The van der Waals surface area contributed by atoms with Crippen LogP contribution in [-0.4, -0.2) is 38.0 Å². The standard InChI is InChI=1S/C20H23N5O/c1-24-20-18(15-26-14-16-6-3-2-4-7-16)12-25(13-19(20)22-23-24)11-17-8-5-9-21-10-17/h2-10,18H,11-15H2,1H3/t18-/m0/s1. The van der Waals surface area contributed by atoms with Gasteiger partial charge in [0, 0.05) is 45.0 Å². The summed E-state index contributed by atoms with van der Waals surface area (Å²) in [7, 11) is 1.97. The summed E-state index contributed by atoms with van der Waals surface area (Å²) in [5.74, 6) is 0.263. The second-order valence-corrected chi connectivity index (χ2v) is 6.77. The minimum atomic E-state index is 0.263. The lowest BCUT2D eigenvalue weighted by atomic mass is 9.98. The molecule has 0 saturated carbocycles. The number of fused-ring (bicyclic) bond motifs is 1. The third-order valence-electron chi connectivity index (χ3n) is 4.74. The Kier molecular flexibility index (Phi) is 5.04. The van der Waals surface area contributed by atoms with Gasteiger partial charge in [-0.3, -0.25) is 14.6 Å². The molecular weight excluding hydrogens is 326 g/mol. The predicted molar refractivity (Wildman–Crippen MR) is 98.2 cm³/mol. The monoisotopic (exact) mass is 349 g/mol. The molecule has 0 spiro atoms. The largest absolute Gasteiger partial charge is 0.376 e. The van der Waals surface area contributed by atoms with Gasteiger partial charge in [0.2, 0.25) is 0 Å². The molecule has 0 aliphatic carbocycles. The van der Waals surface area contributed by atoms with E-state index in [-0.39, 0.29) is 5.92 Å². The Bertz CT molecular complexity index is 834. The number of aromatic nitrogens is 4. The summed E-state index contributed by atoms with van der Waals surface area (Å²) in [5, 5.41) is 8.59. The van der Waals surface area contributed by atoms with Gasteiger partial charge in [0.05, 0.1) is 18.9 Å². The van der Waals surface area contributed by atoms with Crippen molar-refractivity contribution in [1.29, 1.82) is 0 Å². The van der Waals surface area contributed by atoms with Gasteiger partial charge in [-0.1, -0.05) is 41.6 Å². The van der Waals surface area contributed by atoms with Crippen LogP contribution in [0.1, 0.15) is 28.4 Å². The van der Waals surface area contributed by atoms with Gasteiger partial charge >= 0.3 is 0 Å². The van der Waals surface area contributed by atoms with E-state index >= 15 is 0 Å². The Morgan fingerprint density at radius 2 is 1.96 bits per heavy atom. The van der Waals surface area contributed by atoms with Crippen LogP contribution >= 0.6 is 0 Å². The van der Waals surface area contributed by atoms with E-state index in [1.54, 1.807) is 6.20 Å². The molecule has 0 unspecified atom stereocenters. The summed E-state index contributed by atoms with van der Waals surface area (Å²) < 4.78 is 7.93. The average Bonchev–Trinajstić information content (AvgIpc) is 3.04. The average molecular weight is 349 g/mol. The smallest absolute Gasteiger partial charge is 0.100 e. The van der Waals surface area contributed by atoms with E-state index < -0.39 is 0 Å². The first-order valence-corrected chi connectivity index (χ1v) is 8.91. The maximum atomic E-state index is 6.03. The lowest BCUT2D eigenvalue weighted by Crippen LogP contribution is -2.36. The second kappa shape index (κ2) is 7.76. The van der Waals surface area contributed by atoms with Crippen LogP contribution in [-0.2, 0) is 31.5 Å². The minimum Gasteiger partial charge on any atom is -0.376 e. The zero-order chi connectivity index (χ0) is 17.8. The normalized spacial score (nSPS) is 17.2. The maximum absolute atomic E-state index is 6.03. The number of ether oxygens (including phenoxy) is 1. The van der Waals surface area contributed by atoms with Crippen LogP contribution in [0.4, 0.5) is 0 Å². The summed E-state index contributed by atoms with van der Waals surface area (Å²) >= 11 is 0. The summed E-state index contributed by atoms with van der Waals surface area (Å²) in [5.41, 5.74) is 4.65. The summed E-state index contributed by atoms with van der Waals surface area (Å²) in [6.07, 6.45) is 3.73. The molecule has 3 heterocycles. The quantitative estimate of drug-likeness (QED) is 0.684. The lowest BCUT2D eigenvalue weighted by Gasteiger charge is -2.32. The van der Waals surface area contributed by atoms with E-state index in [1.165, 1.54) is 16.8 Å². The highest BCUT2D eigenvalue weighted by Gasteiger charge is 2.30. The van der Waals surface area contributed by atoms with Gasteiger partial charge in [0.1, 0.15) is 5.69 Å². The van der Waals surface area contributed by atoms with Gasteiger partial charge < -0.3 is 4.74 Å². The molecule has 1 atom stereocenters. The van der Waals surface area contributed by atoms with Crippen LogP contribution in [0.15, 0.2) is 54.9 Å². The van der Waals surface area contributed by atoms with Crippen molar-refractivity contribution in [2.75, 3.05) is 13.2 Å². The third kappa shape index (κ3) is 3.81. The van der Waals surface area contributed by atoms with E-state index in [0.717, 1.165) is 25.3 Å². The molecule has 0 saturated heterocycles. The van der Waals surface area contributed by atoms with Gasteiger partial charge in [0.25, 0.3) is 0 Å². The van der Waals surface area contributed by atoms with E-state index in [9.17, 15) is 0 Å². The van der Waals surface area contributed by atoms with Gasteiger partial charge in [-0.25, -0.2) is 0 Å². The van der Waals surface area contributed by atoms with Crippen molar-refractivity contribution < 1.29 is 4.74 Å². The number of rotatable bonds is 6. The Balaban J connectivity index is 1.44. The maximum Gasteiger partial charge on any atom is 0.100 e. The highest BCUT2D eigenvalue weighted by molar-refractivity contribution is 5.21. The molecule has 4 rings (SSSR count). The molecule has 1 aliphatic heterocycles. The molecule has 3 aromatic rings. The molecular formula is C20H23N5O. The molecule has 1 aliphatic rings. The number of benzene rings is 1. The second-order valence-electron chi connectivity index (χ2n) is 6.77. The summed E-state index contributed by atoms with van der Waals surface area (Å²) in [6.45, 7) is 3.89. The minimum absolute atomic E-state index is 0.263. The number of hydrogen-bond donors (Lipinski definition) is 0. The molecule has 0 fully saturated rings. The first-order valence-electron chi connectivity index (χ1n) is 8.91. The molecule has 6 nitrogen and oxygen atoms in total. The number of nitrogens with zero attached hydrogens (tertiary/aromatic N) is 5. The summed E-state index contributed by atoms with van der Waals surface area (Å²) in [4.78, 5) is 6.61. The number of pyridine rings is 1. The highest BCUT2D eigenvalue weighted by Crippen LogP contribution is 2.28. The van der Waals surface area contributed by atoms with E-state index in [0.29, 0.717) is 13.2 Å². The van der Waals surface area contributed by atoms with Crippen LogP contribution < -0.4 is 0 Å². The fourth-order valence-corrected chi connectivity index (χ4v) is 3.59. The predicted octanol–water partition coefficient (Wildman–Crippen LogP) is 2.53. The van der Waals surface area contributed by atoms with Crippen LogP contribution in [0.5, 0.6) is 0 Å². The highest BCUT2D eigenvalue weighted by atomic mass is 16.5. The molecule has 0 bridgehead atoms. The zero-order valence-corrected chi connectivity index (χ0v) is 15.0. The molecule has 26 heavy (non-hydrogen) atoms. The molecule has 0 radical (unpaired) electrons. The molecule has 134 valence electrons. The molecule has 2 aromatic heterocycles. The van der Waals surface area contributed by atoms with E-state index in [2.05, 4.69) is 38.4 Å². The SMILES string of the molecule is Cn1nnc2c1[C@H](COCc1ccccc1)CN(Cc1cccnc1)C2. The number of hydrogen-bond acceptors (Lipinski definition) is 5. The Hall–Kier alpha value is -2.57. The Morgan fingerprint density at radius 3 is 2.77 bits per heavy atom. The van der Waals surface area contributed by atoms with Crippen LogP contribution in [0.3, 0.4) is 0 Å². The van der Waals surface area contributed by atoms with Crippen molar-refractivity contribution in [2.24, 2.45) is 7.05 Å². The van der Waals surface area contributed by atoms with Crippen LogP contribution in [0.2, 0.25) is 0 Å². The van der Waals surface area contributed by atoms with Crippen LogP contribution in [0, 0.1) is 0 Å². The topological polar surface area (TPSA) is 56.1 Å². The van der Waals surface area contributed by atoms with E-state index in [4.69, 9.17) is 4.74 Å². The van der Waals surface area contributed by atoms with Gasteiger partial charge in [0.15, 0.2) is 0 Å². The molecule has 1 aromatic carbocycles. The van der Waals surface area contributed by atoms with Crippen LogP contribution in [0.25, 0.3) is 0 Å². The van der Waals surface area contributed by atoms with Crippen molar-refractivity contribution in [3.8, 4) is 0 Å². The van der Waals surface area contributed by atoms with Crippen molar-refractivity contribution in [3.63, 3.8) is 0 Å². The first-order chi connectivity index (χ1) is 12.8. The fourth-order valence-electron chi connectivity index (χ4n) is 3.59. The van der Waals surface area contributed by atoms with Gasteiger partial charge in [-0.05, 0) is 17.2 Å². The Morgan fingerprint density at radius 1 is 1.12 bits per heavy atom. The van der Waals surface area contributed by atoms with Crippen molar-refractivity contribution in [3.05, 3.63) is 77.4 Å². The lowest BCUT2D eigenvalue weighted by molar-refractivity contribution is 0.0829. The Labute approximate surface area is 153 Å². The number of aryl methyl sites for hydroxylation is 1. The van der Waals surface area contributed by atoms with Crippen molar-refractivity contribution in [2.45, 2.75) is 25.6 Å².